The minimum Gasteiger partial charge on any atom is -0.493 e. The van der Waals surface area contributed by atoms with Crippen molar-refractivity contribution in [2.24, 2.45) is 4.99 Å². The lowest BCUT2D eigenvalue weighted by Crippen LogP contribution is -2.30. The molecule has 0 saturated heterocycles. The van der Waals surface area contributed by atoms with E-state index in [0.717, 1.165) is 23.6 Å². The summed E-state index contributed by atoms with van der Waals surface area (Å²) in [7, 11) is 1.62. The number of anilines is 1. The summed E-state index contributed by atoms with van der Waals surface area (Å²) >= 11 is 0. The number of hydrogen-bond acceptors (Lipinski definition) is 5. The highest BCUT2D eigenvalue weighted by Gasteiger charge is 2.09. The SMILES string of the molecule is CCNC(=NCc1ncc(-c2ccccc2)o1)Nc1ccc(OC)c(OCC)c1.I. The molecule has 1 heterocycles. The standard InChI is InChI=1S/C22H26N4O3.HI/c1-4-23-22(26-17-11-12-18(27-3)19(13-17)28-5-2)25-15-21-24-14-20(29-21)16-9-7-6-8-10-16;/h6-14H,4-5,15H2,1-3H3,(H2,23,25,26);1H. The van der Waals surface area contributed by atoms with Gasteiger partial charge in [-0.3, -0.25) is 0 Å². The molecule has 0 atom stereocenters. The molecule has 2 aromatic carbocycles. The van der Waals surface area contributed by atoms with Crippen molar-refractivity contribution in [2.45, 2.75) is 20.4 Å². The molecule has 1 aromatic heterocycles. The normalized spacial score (nSPS) is 10.8. The van der Waals surface area contributed by atoms with E-state index in [1.54, 1.807) is 13.3 Å². The third-order valence-corrected chi connectivity index (χ3v) is 4.05. The van der Waals surface area contributed by atoms with Gasteiger partial charge in [-0.15, -0.1) is 24.0 Å². The molecular weight excluding hydrogens is 495 g/mol. The van der Waals surface area contributed by atoms with Crippen molar-refractivity contribution in [3.05, 3.63) is 60.6 Å². The summed E-state index contributed by atoms with van der Waals surface area (Å²) in [4.78, 5) is 8.90. The Hall–Kier alpha value is -2.75. The second-order valence-electron chi connectivity index (χ2n) is 6.10. The van der Waals surface area contributed by atoms with Crippen LogP contribution in [-0.4, -0.2) is 31.2 Å². The van der Waals surface area contributed by atoms with Gasteiger partial charge in [0.1, 0.15) is 6.54 Å². The van der Waals surface area contributed by atoms with Gasteiger partial charge in [0.05, 0.1) is 19.9 Å². The fraction of sp³-hybridized carbons (Fsp3) is 0.273. The summed E-state index contributed by atoms with van der Waals surface area (Å²) in [5, 5.41) is 6.49. The molecule has 3 aromatic rings. The maximum atomic E-state index is 5.82. The first kappa shape index (κ1) is 23.5. The molecule has 7 nitrogen and oxygen atoms in total. The van der Waals surface area contributed by atoms with Crippen LogP contribution in [0.3, 0.4) is 0 Å². The highest BCUT2D eigenvalue weighted by Crippen LogP contribution is 2.30. The number of guanidine groups is 1. The van der Waals surface area contributed by atoms with Gasteiger partial charge in [-0.1, -0.05) is 30.3 Å². The van der Waals surface area contributed by atoms with E-state index >= 15 is 0 Å². The number of nitrogens with one attached hydrogen (secondary N) is 2. The summed E-state index contributed by atoms with van der Waals surface area (Å²) in [6, 6.07) is 15.5. The number of benzene rings is 2. The van der Waals surface area contributed by atoms with Crippen LogP contribution in [0.1, 0.15) is 19.7 Å². The monoisotopic (exact) mass is 522 g/mol. The first-order chi connectivity index (χ1) is 14.2. The van der Waals surface area contributed by atoms with Crippen LogP contribution < -0.4 is 20.1 Å². The molecule has 0 aliphatic carbocycles. The van der Waals surface area contributed by atoms with Gasteiger partial charge < -0.3 is 24.5 Å². The summed E-state index contributed by atoms with van der Waals surface area (Å²) in [6.45, 7) is 5.54. The van der Waals surface area contributed by atoms with Crippen LogP contribution in [0.15, 0.2) is 64.1 Å². The zero-order valence-corrected chi connectivity index (χ0v) is 19.7. The molecule has 8 heteroatoms. The van der Waals surface area contributed by atoms with Gasteiger partial charge in [0.25, 0.3) is 0 Å². The van der Waals surface area contributed by atoms with Crippen molar-refractivity contribution >= 4 is 35.6 Å². The molecule has 30 heavy (non-hydrogen) atoms. The molecule has 0 aliphatic heterocycles. The van der Waals surface area contributed by atoms with Gasteiger partial charge in [-0.05, 0) is 26.0 Å². The Balaban J connectivity index is 0.00000320. The topological polar surface area (TPSA) is 80.9 Å². The molecule has 0 saturated carbocycles. The molecule has 160 valence electrons. The molecular formula is C22H27IN4O3. The van der Waals surface area contributed by atoms with Gasteiger partial charge in [-0.25, -0.2) is 9.98 Å². The minimum absolute atomic E-state index is 0. The average Bonchev–Trinajstić information content (AvgIpc) is 3.22. The lowest BCUT2D eigenvalue weighted by Gasteiger charge is -2.14. The molecule has 0 bridgehead atoms. The van der Waals surface area contributed by atoms with E-state index in [-0.39, 0.29) is 24.0 Å². The van der Waals surface area contributed by atoms with E-state index in [1.165, 1.54) is 0 Å². The maximum Gasteiger partial charge on any atom is 0.216 e. The fourth-order valence-corrected chi connectivity index (χ4v) is 2.73. The van der Waals surface area contributed by atoms with Crippen molar-refractivity contribution in [1.29, 1.82) is 0 Å². The Morgan fingerprint density at radius 1 is 1.10 bits per heavy atom. The molecule has 0 radical (unpaired) electrons. The van der Waals surface area contributed by atoms with E-state index < -0.39 is 0 Å². The summed E-state index contributed by atoms with van der Waals surface area (Å²) in [6.07, 6.45) is 1.72. The van der Waals surface area contributed by atoms with Gasteiger partial charge in [-0.2, -0.15) is 0 Å². The largest absolute Gasteiger partial charge is 0.493 e. The summed E-state index contributed by atoms with van der Waals surface area (Å²) in [5.41, 5.74) is 1.83. The van der Waals surface area contributed by atoms with Crippen molar-refractivity contribution in [3.8, 4) is 22.8 Å². The lowest BCUT2D eigenvalue weighted by molar-refractivity contribution is 0.311. The third kappa shape index (κ3) is 6.38. The van der Waals surface area contributed by atoms with Crippen molar-refractivity contribution in [2.75, 3.05) is 25.6 Å². The second kappa shape index (κ2) is 12.1. The van der Waals surface area contributed by atoms with Crippen LogP contribution in [0.2, 0.25) is 0 Å². The smallest absolute Gasteiger partial charge is 0.216 e. The van der Waals surface area contributed by atoms with Crippen molar-refractivity contribution in [1.82, 2.24) is 10.3 Å². The Morgan fingerprint density at radius 2 is 1.90 bits per heavy atom. The summed E-state index contributed by atoms with van der Waals surface area (Å²) in [5.74, 6) is 3.26. The van der Waals surface area contributed by atoms with E-state index in [0.29, 0.717) is 36.5 Å². The van der Waals surface area contributed by atoms with E-state index in [1.807, 2.05) is 62.4 Å². The van der Waals surface area contributed by atoms with Crippen LogP contribution >= 0.6 is 24.0 Å². The molecule has 0 amide bonds. The zero-order chi connectivity index (χ0) is 20.5. The fourth-order valence-electron chi connectivity index (χ4n) is 2.73. The Kier molecular flexibility index (Phi) is 9.46. The number of aliphatic imine (C=N–C) groups is 1. The number of methoxy groups -OCH3 is 1. The van der Waals surface area contributed by atoms with Crippen molar-refractivity contribution in [3.63, 3.8) is 0 Å². The number of nitrogens with zero attached hydrogens (tertiary/aromatic N) is 2. The molecule has 3 rings (SSSR count). The Morgan fingerprint density at radius 3 is 2.60 bits per heavy atom. The Bertz CT molecular complexity index is 945. The lowest BCUT2D eigenvalue weighted by atomic mass is 10.2. The molecule has 0 fully saturated rings. The number of halogens is 1. The molecule has 0 spiro atoms. The van der Waals surface area contributed by atoms with Gasteiger partial charge in [0.15, 0.2) is 23.2 Å². The predicted molar refractivity (Wildman–Crippen MR) is 130 cm³/mol. The number of hydrogen-bond donors (Lipinski definition) is 2. The van der Waals surface area contributed by atoms with E-state index in [4.69, 9.17) is 13.9 Å². The minimum atomic E-state index is 0. The number of rotatable bonds is 8. The van der Waals surface area contributed by atoms with Gasteiger partial charge in [0, 0.05) is 23.9 Å². The first-order valence-corrected chi connectivity index (χ1v) is 9.59. The second-order valence-corrected chi connectivity index (χ2v) is 6.10. The average molecular weight is 522 g/mol. The van der Waals surface area contributed by atoms with Crippen LogP contribution in [0.4, 0.5) is 5.69 Å². The highest BCUT2D eigenvalue weighted by molar-refractivity contribution is 14.0. The van der Waals surface area contributed by atoms with E-state index in [9.17, 15) is 0 Å². The number of oxazole rings is 1. The van der Waals surface area contributed by atoms with Crippen LogP contribution in [0.25, 0.3) is 11.3 Å². The van der Waals surface area contributed by atoms with E-state index in [2.05, 4.69) is 20.6 Å². The molecule has 2 N–H and O–H groups in total. The first-order valence-electron chi connectivity index (χ1n) is 9.59. The Labute approximate surface area is 193 Å². The molecule has 0 aliphatic rings. The number of ether oxygens (including phenoxy) is 2. The number of aromatic nitrogens is 1. The predicted octanol–water partition coefficient (Wildman–Crippen LogP) is 4.94. The highest BCUT2D eigenvalue weighted by atomic mass is 127. The maximum absolute atomic E-state index is 5.82. The zero-order valence-electron chi connectivity index (χ0n) is 17.3. The van der Waals surface area contributed by atoms with Crippen LogP contribution in [0.5, 0.6) is 11.5 Å². The van der Waals surface area contributed by atoms with Crippen LogP contribution in [0, 0.1) is 0 Å². The van der Waals surface area contributed by atoms with Crippen molar-refractivity contribution < 1.29 is 13.9 Å². The molecule has 0 unspecified atom stereocenters. The third-order valence-electron chi connectivity index (χ3n) is 4.05. The van der Waals surface area contributed by atoms with Gasteiger partial charge in [0.2, 0.25) is 5.89 Å². The summed E-state index contributed by atoms with van der Waals surface area (Å²) < 4.78 is 16.8. The van der Waals surface area contributed by atoms with Crippen LogP contribution in [-0.2, 0) is 6.54 Å². The van der Waals surface area contributed by atoms with Gasteiger partial charge >= 0.3 is 0 Å². The quantitative estimate of drug-likeness (QED) is 0.248.